The van der Waals surface area contributed by atoms with E-state index in [9.17, 15) is 4.79 Å². The molecule has 3 N–H and O–H groups in total. The molecule has 0 aromatic heterocycles. The standard InChI is InChI=1S/C11H16N2O3/c1-8-3-4-9(7-10(8)12)11(14)13-16-6-5-15-2/h3-4,7H,5-6,12H2,1-2H3,(H,13,14). The Hall–Kier alpha value is -1.59. The Balaban J connectivity index is 2.50. The molecule has 5 heteroatoms. The lowest BCUT2D eigenvalue weighted by molar-refractivity contribution is 0.00889. The third-order valence-electron chi connectivity index (χ3n) is 2.10. The van der Waals surface area contributed by atoms with Gasteiger partial charge in [-0.2, -0.15) is 0 Å². The van der Waals surface area contributed by atoms with Crippen molar-refractivity contribution in [1.82, 2.24) is 5.48 Å². The van der Waals surface area contributed by atoms with Crippen molar-refractivity contribution in [3.05, 3.63) is 29.3 Å². The summed E-state index contributed by atoms with van der Waals surface area (Å²) in [7, 11) is 1.56. The fourth-order valence-corrected chi connectivity index (χ4v) is 1.08. The van der Waals surface area contributed by atoms with Crippen molar-refractivity contribution in [1.29, 1.82) is 0 Å². The Morgan fingerprint density at radius 1 is 1.44 bits per heavy atom. The first kappa shape index (κ1) is 12.5. The third-order valence-corrected chi connectivity index (χ3v) is 2.10. The van der Waals surface area contributed by atoms with Crippen molar-refractivity contribution in [3.63, 3.8) is 0 Å². The second-order valence-electron chi connectivity index (χ2n) is 3.34. The van der Waals surface area contributed by atoms with Crippen molar-refractivity contribution in [2.45, 2.75) is 6.92 Å². The second kappa shape index (κ2) is 6.09. The van der Waals surface area contributed by atoms with Crippen molar-refractivity contribution in [3.8, 4) is 0 Å². The Morgan fingerprint density at radius 2 is 2.19 bits per heavy atom. The molecule has 0 aliphatic heterocycles. The molecule has 0 bridgehead atoms. The quantitative estimate of drug-likeness (QED) is 0.442. The number of ether oxygens (including phenoxy) is 1. The van der Waals surface area contributed by atoms with Crippen LogP contribution in [0.4, 0.5) is 5.69 Å². The van der Waals surface area contributed by atoms with E-state index in [2.05, 4.69) is 5.48 Å². The van der Waals surface area contributed by atoms with E-state index in [1.54, 1.807) is 25.3 Å². The van der Waals surface area contributed by atoms with Crippen LogP contribution >= 0.6 is 0 Å². The van der Waals surface area contributed by atoms with E-state index in [1.807, 2.05) is 6.92 Å². The highest BCUT2D eigenvalue weighted by atomic mass is 16.7. The van der Waals surface area contributed by atoms with E-state index in [4.69, 9.17) is 15.3 Å². The maximum absolute atomic E-state index is 11.5. The predicted octanol–water partition coefficient (Wildman–Crippen LogP) is 0.885. The number of hydrogen-bond acceptors (Lipinski definition) is 4. The molecular formula is C11H16N2O3. The van der Waals surface area contributed by atoms with Gasteiger partial charge in [0.25, 0.3) is 5.91 Å². The summed E-state index contributed by atoms with van der Waals surface area (Å²) >= 11 is 0. The van der Waals surface area contributed by atoms with Crippen LogP contribution < -0.4 is 11.2 Å². The van der Waals surface area contributed by atoms with Gasteiger partial charge in [0.1, 0.15) is 0 Å². The van der Waals surface area contributed by atoms with Crippen LogP contribution in [-0.4, -0.2) is 26.2 Å². The van der Waals surface area contributed by atoms with Crippen LogP contribution in [0.2, 0.25) is 0 Å². The number of benzene rings is 1. The number of nitrogens with one attached hydrogen (secondary N) is 1. The van der Waals surface area contributed by atoms with Crippen molar-refractivity contribution in [2.24, 2.45) is 0 Å². The number of aryl methyl sites for hydroxylation is 1. The van der Waals surface area contributed by atoms with E-state index >= 15 is 0 Å². The zero-order valence-electron chi connectivity index (χ0n) is 9.45. The van der Waals surface area contributed by atoms with Gasteiger partial charge in [-0.15, -0.1) is 0 Å². The smallest absolute Gasteiger partial charge is 0.274 e. The second-order valence-corrected chi connectivity index (χ2v) is 3.34. The van der Waals surface area contributed by atoms with Crippen molar-refractivity contribution < 1.29 is 14.4 Å². The van der Waals surface area contributed by atoms with Gasteiger partial charge in [-0.3, -0.25) is 9.63 Å². The molecule has 88 valence electrons. The van der Waals surface area contributed by atoms with Crippen LogP contribution in [0.5, 0.6) is 0 Å². The molecule has 5 nitrogen and oxygen atoms in total. The molecule has 0 saturated carbocycles. The summed E-state index contributed by atoms with van der Waals surface area (Å²) in [6, 6.07) is 5.10. The van der Waals surface area contributed by atoms with Crippen LogP contribution in [0.25, 0.3) is 0 Å². The molecule has 0 radical (unpaired) electrons. The minimum absolute atomic E-state index is 0.309. The highest BCUT2D eigenvalue weighted by Gasteiger charge is 2.06. The molecule has 0 aliphatic rings. The highest BCUT2D eigenvalue weighted by molar-refractivity contribution is 5.94. The number of amides is 1. The van der Waals surface area contributed by atoms with Crippen LogP contribution in [-0.2, 0) is 9.57 Å². The summed E-state index contributed by atoms with van der Waals surface area (Å²) < 4.78 is 4.77. The first-order chi connectivity index (χ1) is 7.65. The maximum Gasteiger partial charge on any atom is 0.274 e. The number of nitrogen functional groups attached to an aromatic ring is 1. The Bertz CT molecular complexity index is 366. The van der Waals surface area contributed by atoms with E-state index in [0.29, 0.717) is 24.5 Å². The lowest BCUT2D eigenvalue weighted by Gasteiger charge is -2.06. The van der Waals surface area contributed by atoms with Crippen LogP contribution in [0, 0.1) is 6.92 Å². The zero-order valence-corrected chi connectivity index (χ0v) is 9.45. The van der Waals surface area contributed by atoms with Gasteiger partial charge < -0.3 is 10.5 Å². The number of carbonyl (C=O) groups is 1. The summed E-state index contributed by atoms with van der Waals surface area (Å²) in [5.74, 6) is -0.317. The van der Waals surface area contributed by atoms with Gasteiger partial charge >= 0.3 is 0 Å². The van der Waals surface area contributed by atoms with Gasteiger partial charge in [0.05, 0.1) is 13.2 Å². The van der Waals surface area contributed by atoms with E-state index in [-0.39, 0.29) is 5.91 Å². The molecule has 16 heavy (non-hydrogen) atoms. The molecule has 0 atom stereocenters. The number of rotatable bonds is 5. The van der Waals surface area contributed by atoms with E-state index in [1.165, 1.54) is 0 Å². The molecule has 0 aliphatic carbocycles. The average Bonchev–Trinajstić information content (AvgIpc) is 2.28. The number of nitrogens with two attached hydrogens (primary N) is 1. The highest BCUT2D eigenvalue weighted by Crippen LogP contribution is 2.12. The van der Waals surface area contributed by atoms with E-state index in [0.717, 1.165) is 5.56 Å². The topological polar surface area (TPSA) is 73.6 Å². The Kier molecular flexibility index (Phi) is 4.75. The van der Waals surface area contributed by atoms with Gasteiger partial charge in [-0.25, -0.2) is 5.48 Å². The van der Waals surface area contributed by atoms with Crippen LogP contribution in [0.1, 0.15) is 15.9 Å². The lowest BCUT2D eigenvalue weighted by Crippen LogP contribution is -2.25. The SMILES string of the molecule is COCCONC(=O)c1ccc(C)c(N)c1. The third kappa shape index (κ3) is 3.52. The molecular weight excluding hydrogens is 208 g/mol. The van der Waals surface area contributed by atoms with Gasteiger partial charge in [0, 0.05) is 18.4 Å². The number of methoxy groups -OCH3 is 1. The molecule has 0 unspecified atom stereocenters. The molecule has 1 aromatic rings. The maximum atomic E-state index is 11.5. The molecule has 0 saturated heterocycles. The molecule has 1 rings (SSSR count). The van der Waals surface area contributed by atoms with Crippen LogP contribution in [0.15, 0.2) is 18.2 Å². The van der Waals surface area contributed by atoms with Gasteiger partial charge in [0.15, 0.2) is 0 Å². The lowest BCUT2D eigenvalue weighted by atomic mass is 10.1. The Labute approximate surface area is 94.5 Å². The molecule has 0 spiro atoms. The summed E-state index contributed by atoms with van der Waals surface area (Å²) in [6.07, 6.45) is 0. The first-order valence-corrected chi connectivity index (χ1v) is 4.92. The minimum atomic E-state index is -0.317. The molecule has 1 aromatic carbocycles. The molecule has 1 amide bonds. The van der Waals surface area contributed by atoms with Crippen molar-refractivity contribution >= 4 is 11.6 Å². The monoisotopic (exact) mass is 224 g/mol. The fraction of sp³-hybridized carbons (Fsp3) is 0.364. The zero-order chi connectivity index (χ0) is 12.0. The number of anilines is 1. The minimum Gasteiger partial charge on any atom is -0.398 e. The van der Waals surface area contributed by atoms with Crippen LogP contribution in [0.3, 0.4) is 0 Å². The predicted molar refractivity (Wildman–Crippen MR) is 60.9 cm³/mol. The summed E-state index contributed by atoms with van der Waals surface area (Å²) in [5.41, 5.74) is 10.0. The summed E-state index contributed by atoms with van der Waals surface area (Å²) in [6.45, 7) is 2.62. The van der Waals surface area contributed by atoms with Gasteiger partial charge in [-0.05, 0) is 24.6 Å². The molecule has 0 heterocycles. The summed E-state index contributed by atoms with van der Waals surface area (Å²) in [4.78, 5) is 16.4. The van der Waals surface area contributed by atoms with Crippen molar-refractivity contribution in [2.75, 3.05) is 26.1 Å². The first-order valence-electron chi connectivity index (χ1n) is 4.92. The van der Waals surface area contributed by atoms with Gasteiger partial charge in [-0.1, -0.05) is 6.07 Å². The number of hydrogen-bond donors (Lipinski definition) is 2. The average molecular weight is 224 g/mol. The van der Waals surface area contributed by atoms with E-state index < -0.39 is 0 Å². The van der Waals surface area contributed by atoms with Gasteiger partial charge in [0.2, 0.25) is 0 Å². The normalized spacial score (nSPS) is 10.1. The number of carbonyl (C=O) groups excluding carboxylic acids is 1. The number of hydroxylamine groups is 1. The Morgan fingerprint density at radius 3 is 2.81 bits per heavy atom. The summed E-state index contributed by atoms with van der Waals surface area (Å²) in [5, 5.41) is 0. The molecule has 0 fully saturated rings. The largest absolute Gasteiger partial charge is 0.398 e. The fourth-order valence-electron chi connectivity index (χ4n) is 1.08.